The van der Waals surface area contributed by atoms with Gasteiger partial charge in [-0.05, 0) is 74.0 Å². The van der Waals surface area contributed by atoms with Crippen molar-refractivity contribution in [2.24, 2.45) is 0 Å². The smallest absolute Gasteiger partial charge is 0.324 e. The summed E-state index contributed by atoms with van der Waals surface area (Å²) in [5, 5.41) is 9.20. The molecule has 1 amide bonds. The van der Waals surface area contributed by atoms with Crippen LogP contribution in [-0.2, 0) is 15.6 Å². The van der Waals surface area contributed by atoms with Gasteiger partial charge in [0.1, 0.15) is 0 Å². The van der Waals surface area contributed by atoms with Crippen LogP contribution in [0.2, 0.25) is 0 Å². The van der Waals surface area contributed by atoms with Gasteiger partial charge in [-0.2, -0.15) is 0 Å². The van der Waals surface area contributed by atoms with Crippen LogP contribution in [-0.4, -0.2) is 107 Å². The molecule has 4 aromatic rings. The number of anilines is 3. The lowest BCUT2D eigenvalue weighted by Gasteiger charge is -2.33. The number of nitrogens with zero attached hydrogens (tertiary/aromatic N) is 6. The van der Waals surface area contributed by atoms with Crippen LogP contribution in [0.15, 0.2) is 79.3 Å². The van der Waals surface area contributed by atoms with Crippen molar-refractivity contribution in [3.8, 4) is 11.3 Å². The molecule has 0 radical (unpaired) electrons. The Labute approximate surface area is 310 Å². The second kappa shape index (κ2) is 19.4. The Balaban J connectivity index is 0.000000303. The van der Waals surface area contributed by atoms with E-state index in [0.29, 0.717) is 48.7 Å². The normalized spacial score (nSPS) is 18.1. The molecule has 6 rings (SSSR count). The SMILES string of the molecule is Cc1ccc(NC(=O)c2ccc(CN3CCN(C)CC3)cc2)cc1Nc1nccc(-c2cccnc2)n1.O=P1(N(CCCl)CCCl)NCCCO1. The van der Waals surface area contributed by atoms with Crippen LogP contribution >= 0.6 is 30.9 Å². The van der Waals surface area contributed by atoms with Gasteiger partial charge in [-0.3, -0.25) is 19.2 Å². The summed E-state index contributed by atoms with van der Waals surface area (Å²) in [6.07, 6.45) is 6.11. The average molecular weight is 755 g/mol. The number of hydrogen-bond acceptors (Lipinski definition) is 9. The lowest BCUT2D eigenvalue weighted by atomic mass is 10.1. The number of piperazine rings is 1. The van der Waals surface area contributed by atoms with Crippen LogP contribution in [0.1, 0.15) is 27.9 Å². The van der Waals surface area contributed by atoms with Crippen LogP contribution < -0.4 is 15.7 Å². The highest BCUT2D eigenvalue weighted by atomic mass is 35.5. The molecule has 12 nitrogen and oxygen atoms in total. The Morgan fingerprint density at radius 2 is 1.78 bits per heavy atom. The number of hydrogen-bond donors (Lipinski definition) is 3. The number of pyridine rings is 1. The van der Waals surface area contributed by atoms with E-state index in [1.165, 1.54) is 5.56 Å². The summed E-state index contributed by atoms with van der Waals surface area (Å²) < 4.78 is 19.2. The molecule has 15 heteroatoms. The molecule has 1 atom stereocenters. The quantitative estimate of drug-likeness (QED) is 0.109. The van der Waals surface area contributed by atoms with Gasteiger partial charge in [-0.15, -0.1) is 23.2 Å². The molecular weight excluding hydrogens is 708 g/mol. The number of halogens is 2. The predicted molar refractivity (Wildman–Crippen MR) is 206 cm³/mol. The number of carbonyl (C=O) groups is 1. The number of rotatable bonds is 12. The van der Waals surface area contributed by atoms with Crippen molar-refractivity contribution in [1.29, 1.82) is 0 Å². The third kappa shape index (κ3) is 11.5. The minimum absolute atomic E-state index is 0.143. The summed E-state index contributed by atoms with van der Waals surface area (Å²) in [6.45, 7) is 9.54. The van der Waals surface area contributed by atoms with Crippen LogP contribution in [0.3, 0.4) is 0 Å². The molecule has 2 aromatic carbocycles. The third-order valence-corrected chi connectivity index (χ3v) is 11.2. The standard InChI is InChI=1S/C29H31N7O.C7H15Cl2N2O2P/c1-21-5-10-25(18-27(21)34-29-31-13-11-26(33-29)24-4-3-12-30-19-24)32-28(37)23-8-6-22(7-9-23)20-36-16-14-35(2)15-17-36;8-2-5-11(6-3-9)14(12)10-4-1-7-13-14/h3-13,18-19H,14-17,20H2,1-2H3,(H,32,37)(H,31,33,34);1-7H2,(H,10,12). The molecule has 51 heavy (non-hydrogen) atoms. The average Bonchev–Trinajstić information content (AvgIpc) is 3.15. The molecular formula is C36H46Cl2N9O3P. The Morgan fingerprint density at radius 3 is 2.45 bits per heavy atom. The van der Waals surface area contributed by atoms with Gasteiger partial charge < -0.3 is 20.1 Å². The number of benzene rings is 2. The number of alkyl halides is 2. The third-order valence-electron chi connectivity index (χ3n) is 8.53. The molecule has 2 aromatic heterocycles. The van der Waals surface area contributed by atoms with Gasteiger partial charge in [0.25, 0.3) is 5.91 Å². The Kier molecular flexibility index (Phi) is 14.8. The topological polar surface area (TPSA) is 128 Å². The summed E-state index contributed by atoms with van der Waals surface area (Å²) in [4.78, 5) is 30.9. The van der Waals surface area contributed by atoms with Crippen molar-refractivity contribution in [2.75, 3.05) is 81.9 Å². The monoisotopic (exact) mass is 753 g/mol. The van der Waals surface area contributed by atoms with E-state index < -0.39 is 7.67 Å². The van der Waals surface area contributed by atoms with Crippen molar-refractivity contribution in [1.82, 2.24) is 34.5 Å². The van der Waals surface area contributed by atoms with E-state index >= 15 is 0 Å². The highest BCUT2D eigenvalue weighted by Gasteiger charge is 2.32. The Bertz CT molecular complexity index is 1730. The van der Waals surface area contributed by atoms with E-state index in [9.17, 15) is 9.36 Å². The van der Waals surface area contributed by atoms with E-state index in [1.807, 2.05) is 67.6 Å². The van der Waals surface area contributed by atoms with Gasteiger partial charge in [0.2, 0.25) is 5.95 Å². The molecule has 4 heterocycles. The Morgan fingerprint density at radius 1 is 1.02 bits per heavy atom. The van der Waals surface area contributed by atoms with Gasteiger partial charge >= 0.3 is 7.67 Å². The highest BCUT2D eigenvalue weighted by Crippen LogP contribution is 2.48. The summed E-state index contributed by atoms with van der Waals surface area (Å²) in [5.74, 6) is 1.18. The fourth-order valence-corrected chi connectivity index (χ4v) is 8.20. The van der Waals surface area contributed by atoms with Crippen molar-refractivity contribution >= 4 is 54.1 Å². The zero-order valence-corrected chi connectivity index (χ0v) is 31.5. The fourth-order valence-electron chi connectivity index (χ4n) is 5.56. The van der Waals surface area contributed by atoms with E-state index in [1.54, 1.807) is 23.3 Å². The van der Waals surface area contributed by atoms with E-state index in [2.05, 4.69) is 47.5 Å². The van der Waals surface area contributed by atoms with Crippen molar-refractivity contribution in [3.63, 3.8) is 0 Å². The van der Waals surface area contributed by atoms with Gasteiger partial charge in [0, 0.05) is 105 Å². The minimum Gasteiger partial charge on any atom is -0.324 e. The molecule has 0 aliphatic carbocycles. The van der Waals surface area contributed by atoms with Crippen LogP contribution in [0.4, 0.5) is 17.3 Å². The summed E-state index contributed by atoms with van der Waals surface area (Å²) >= 11 is 11.2. The zero-order chi connectivity index (χ0) is 36.1. The van der Waals surface area contributed by atoms with Crippen LogP contribution in [0.5, 0.6) is 0 Å². The van der Waals surface area contributed by atoms with Gasteiger partial charge in [0.05, 0.1) is 12.3 Å². The van der Waals surface area contributed by atoms with Gasteiger partial charge in [-0.1, -0.05) is 18.2 Å². The highest BCUT2D eigenvalue weighted by molar-refractivity contribution is 7.54. The first-order valence-electron chi connectivity index (χ1n) is 17.1. The molecule has 0 saturated carbocycles. The van der Waals surface area contributed by atoms with Crippen molar-refractivity contribution < 1.29 is 13.9 Å². The number of carbonyl (C=O) groups excluding carboxylic acids is 1. The van der Waals surface area contributed by atoms with E-state index in [0.717, 1.165) is 68.2 Å². The van der Waals surface area contributed by atoms with E-state index in [4.69, 9.17) is 27.7 Å². The molecule has 2 aliphatic heterocycles. The second-order valence-corrected chi connectivity index (χ2v) is 15.3. The number of nitrogens with one attached hydrogen (secondary N) is 3. The molecule has 0 bridgehead atoms. The molecule has 272 valence electrons. The lowest BCUT2D eigenvalue weighted by molar-refractivity contribution is 0.102. The molecule has 3 N–H and O–H groups in total. The fraction of sp³-hybridized carbons (Fsp3) is 0.389. The summed E-state index contributed by atoms with van der Waals surface area (Å²) in [5.41, 5.74) is 6.08. The number of amides is 1. The first kappa shape index (κ1) is 38.8. The molecule has 2 aliphatic rings. The zero-order valence-electron chi connectivity index (χ0n) is 29.1. The molecule has 2 saturated heterocycles. The summed E-state index contributed by atoms with van der Waals surface area (Å²) in [7, 11) is -0.683. The van der Waals surface area contributed by atoms with Crippen molar-refractivity contribution in [3.05, 3.63) is 95.9 Å². The second-order valence-electron chi connectivity index (χ2n) is 12.3. The predicted octanol–water partition coefficient (Wildman–Crippen LogP) is 6.47. The molecule has 1 unspecified atom stereocenters. The first-order valence-corrected chi connectivity index (χ1v) is 19.7. The van der Waals surface area contributed by atoms with E-state index in [-0.39, 0.29) is 5.91 Å². The maximum Gasteiger partial charge on any atom is 0.343 e. The lowest BCUT2D eigenvalue weighted by Crippen LogP contribution is -2.43. The first-order chi connectivity index (χ1) is 24.8. The van der Waals surface area contributed by atoms with Crippen LogP contribution in [0.25, 0.3) is 11.3 Å². The maximum atomic E-state index is 12.9. The number of aromatic nitrogens is 3. The Hall–Kier alpha value is -3.45. The van der Waals surface area contributed by atoms with Gasteiger partial charge in [-0.25, -0.2) is 19.7 Å². The number of likely N-dealkylation sites (N-methyl/N-ethyl adjacent to an activating group) is 1. The largest absolute Gasteiger partial charge is 0.343 e. The van der Waals surface area contributed by atoms with Crippen LogP contribution in [0, 0.1) is 6.92 Å². The molecule has 2 fully saturated rings. The van der Waals surface area contributed by atoms with Gasteiger partial charge in [0.15, 0.2) is 0 Å². The number of aryl methyl sites for hydroxylation is 1. The minimum atomic E-state index is -2.84. The molecule has 0 spiro atoms. The van der Waals surface area contributed by atoms with Crippen molar-refractivity contribution in [2.45, 2.75) is 19.9 Å². The maximum absolute atomic E-state index is 12.9. The summed E-state index contributed by atoms with van der Waals surface area (Å²) in [6, 6.07) is 19.3.